The van der Waals surface area contributed by atoms with E-state index in [4.69, 9.17) is 0 Å². The largest absolute Gasteiger partial charge is 0.305 e. The molecule has 4 heteroatoms. The highest BCUT2D eigenvalue weighted by molar-refractivity contribution is 9.10. The molecule has 0 amide bonds. The third-order valence-corrected chi connectivity index (χ3v) is 2.38. The fraction of sp³-hybridized carbons (Fsp3) is 0.286. The summed E-state index contributed by atoms with van der Waals surface area (Å²) in [4.78, 5) is 11.3. The molecule has 0 fully saturated rings. The minimum atomic E-state index is 0.0295. The van der Waals surface area contributed by atoms with Crippen molar-refractivity contribution in [2.24, 2.45) is 0 Å². The Bertz CT molecular complexity index is 297. The zero-order valence-corrected chi connectivity index (χ0v) is 8.48. The summed E-state index contributed by atoms with van der Waals surface area (Å²) in [7, 11) is 0. The van der Waals surface area contributed by atoms with Gasteiger partial charge in [-0.15, -0.1) is 11.8 Å². The Morgan fingerprint density at radius 1 is 1.73 bits per heavy atom. The average Bonchev–Trinajstić information content (AvgIpc) is 1.99. The van der Waals surface area contributed by atoms with Crippen LogP contribution in [0.4, 0.5) is 0 Å². The zero-order valence-electron chi connectivity index (χ0n) is 6.08. The van der Waals surface area contributed by atoms with Crippen LogP contribution in [0.1, 0.15) is 0 Å². The Morgan fingerprint density at radius 2 is 2.45 bits per heavy atom. The topological polar surface area (TPSA) is 22.0 Å². The maximum absolute atomic E-state index is 11.3. The molecule has 0 atom stereocenters. The molecule has 0 aromatic carbocycles. The van der Waals surface area contributed by atoms with Gasteiger partial charge in [-0.2, -0.15) is 0 Å². The molecule has 1 rings (SSSR count). The third-order valence-electron chi connectivity index (χ3n) is 1.24. The van der Waals surface area contributed by atoms with Crippen molar-refractivity contribution in [3.8, 4) is 0 Å². The minimum absolute atomic E-state index is 0.0295. The molecule has 0 saturated carbocycles. The van der Waals surface area contributed by atoms with Crippen LogP contribution in [0.25, 0.3) is 0 Å². The number of pyridine rings is 1. The van der Waals surface area contributed by atoms with E-state index in [0.29, 0.717) is 10.3 Å². The molecule has 1 aromatic heterocycles. The van der Waals surface area contributed by atoms with E-state index in [9.17, 15) is 4.79 Å². The van der Waals surface area contributed by atoms with Gasteiger partial charge in [0.15, 0.2) is 0 Å². The molecule has 60 valence electrons. The second kappa shape index (κ2) is 3.97. The Kier molecular flexibility index (Phi) is 3.20. The number of nitrogens with zero attached hydrogens (tertiary/aromatic N) is 1. The van der Waals surface area contributed by atoms with Crippen LogP contribution in [0.2, 0.25) is 0 Å². The van der Waals surface area contributed by atoms with Crippen molar-refractivity contribution in [2.45, 2.75) is 5.88 Å². The Hall–Kier alpha value is -0.220. The van der Waals surface area contributed by atoms with Crippen LogP contribution in [-0.4, -0.2) is 10.8 Å². The molecule has 2 nitrogen and oxygen atoms in total. The molecule has 0 spiro atoms. The van der Waals surface area contributed by atoms with Gasteiger partial charge >= 0.3 is 0 Å². The molecular weight excluding hydrogens is 226 g/mol. The maximum Gasteiger partial charge on any atom is 0.265 e. The lowest BCUT2D eigenvalue weighted by Crippen LogP contribution is -2.18. The number of aromatic nitrogens is 1. The molecule has 0 aliphatic carbocycles. The van der Waals surface area contributed by atoms with E-state index in [1.54, 1.807) is 28.6 Å². The molecule has 0 unspecified atom stereocenters. The van der Waals surface area contributed by atoms with Gasteiger partial charge in [-0.05, 0) is 34.3 Å². The second-order valence-electron chi connectivity index (χ2n) is 2.05. The molecule has 11 heavy (non-hydrogen) atoms. The Labute approximate surface area is 77.7 Å². The number of halogens is 1. The second-order valence-corrected chi connectivity index (χ2v) is 3.74. The van der Waals surface area contributed by atoms with E-state index < -0.39 is 0 Å². The van der Waals surface area contributed by atoms with Crippen LogP contribution in [0, 0.1) is 0 Å². The van der Waals surface area contributed by atoms with Crippen LogP contribution >= 0.6 is 27.7 Å². The highest BCUT2D eigenvalue weighted by atomic mass is 79.9. The van der Waals surface area contributed by atoms with Gasteiger partial charge in [0.2, 0.25) is 0 Å². The number of thioether (sulfide) groups is 1. The Morgan fingerprint density at radius 3 is 3.09 bits per heavy atom. The van der Waals surface area contributed by atoms with Crippen LogP contribution in [0.15, 0.2) is 27.6 Å². The molecule has 0 aliphatic rings. The van der Waals surface area contributed by atoms with E-state index in [0.717, 1.165) is 0 Å². The zero-order chi connectivity index (χ0) is 8.27. The molecule has 0 bridgehead atoms. The van der Waals surface area contributed by atoms with Gasteiger partial charge < -0.3 is 4.57 Å². The molecule has 0 saturated heterocycles. The van der Waals surface area contributed by atoms with Crippen molar-refractivity contribution in [1.29, 1.82) is 0 Å². The SMILES string of the molecule is CSCn1cccc(Br)c1=O. The lowest BCUT2D eigenvalue weighted by Gasteiger charge is -2.01. The summed E-state index contributed by atoms with van der Waals surface area (Å²) in [6.45, 7) is 0. The van der Waals surface area contributed by atoms with Crippen LogP contribution in [0.5, 0.6) is 0 Å². The van der Waals surface area contributed by atoms with Gasteiger partial charge in [0, 0.05) is 6.20 Å². The lowest BCUT2D eigenvalue weighted by molar-refractivity contribution is 0.835. The van der Waals surface area contributed by atoms with Gasteiger partial charge in [0.1, 0.15) is 0 Å². The van der Waals surface area contributed by atoms with Crippen LogP contribution in [-0.2, 0) is 5.88 Å². The summed E-state index contributed by atoms with van der Waals surface area (Å²) in [5.41, 5.74) is 0.0295. The molecular formula is C7H8BrNOS. The van der Waals surface area contributed by atoms with E-state index in [1.807, 2.05) is 12.3 Å². The summed E-state index contributed by atoms with van der Waals surface area (Å²) in [6, 6.07) is 3.60. The van der Waals surface area contributed by atoms with Crippen molar-refractivity contribution < 1.29 is 0 Å². The first-order chi connectivity index (χ1) is 5.25. The molecule has 1 heterocycles. The lowest BCUT2D eigenvalue weighted by atomic mass is 10.5. The third kappa shape index (κ3) is 2.10. The standard InChI is InChI=1S/C7H8BrNOS/c1-11-5-9-4-2-3-6(8)7(9)10/h2-4H,5H2,1H3. The van der Waals surface area contributed by atoms with Gasteiger partial charge in [-0.25, -0.2) is 0 Å². The van der Waals surface area contributed by atoms with Gasteiger partial charge in [-0.3, -0.25) is 4.79 Å². The maximum atomic E-state index is 11.3. The first-order valence-electron chi connectivity index (χ1n) is 3.09. The van der Waals surface area contributed by atoms with Crippen molar-refractivity contribution in [1.82, 2.24) is 4.57 Å². The van der Waals surface area contributed by atoms with Crippen LogP contribution < -0.4 is 5.56 Å². The fourth-order valence-electron chi connectivity index (χ4n) is 0.748. The minimum Gasteiger partial charge on any atom is -0.305 e. The van der Waals surface area contributed by atoms with Crippen molar-refractivity contribution in [3.05, 3.63) is 33.2 Å². The number of rotatable bonds is 2. The first kappa shape index (κ1) is 8.87. The number of hydrogen-bond acceptors (Lipinski definition) is 2. The van der Waals surface area contributed by atoms with Crippen molar-refractivity contribution >= 4 is 27.7 Å². The highest BCUT2D eigenvalue weighted by Gasteiger charge is 1.96. The summed E-state index contributed by atoms with van der Waals surface area (Å²) in [5, 5.41) is 0. The van der Waals surface area contributed by atoms with E-state index in [1.165, 1.54) is 0 Å². The van der Waals surface area contributed by atoms with Crippen molar-refractivity contribution in [2.75, 3.05) is 6.26 Å². The molecule has 0 radical (unpaired) electrons. The van der Waals surface area contributed by atoms with Gasteiger partial charge in [0.05, 0.1) is 10.3 Å². The summed E-state index contributed by atoms with van der Waals surface area (Å²) < 4.78 is 2.28. The van der Waals surface area contributed by atoms with E-state index in [-0.39, 0.29) is 5.56 Å². The highest BCUT2D eigenvalue weighted by Crippen LogP contribution is 2.02. The monoisotopic (exact) mass is 233 g/mol. The Balaban J connectivity index is 3.07. The quantitative estimate of drug-likeness (QED) is 0.779. The molecule has 0 N–H and O–H groups in total. The first-order valence-corrected chi connectivity index (χ1v) is 5.28. The fourth-order valence-corrected chi connectivity index (χ4v) is 1.61. The number of hydrogen-bond donors (Lipinski definition) is 0. The predicted molar refractivity (Wildman–Crippen MR) is 51.9 cm³/mol. The predicted octanol–water partition coefficient (Wildman–Crippen LogP) is 1.93. The average molecular weight is 234 g/mol. The molecule has 0 aliphatic heterocycles. The van der Waals surface area contributed by atoms with Gasteiger partial charge in [0.25, 0.3) is 5.56 Å². The van der Waals surface area contributed by atoms with E-state index in [2.05, 4.69) is 15.9 Å². The molecule has 1 aromatic rings. The van der Waals surface area contributed by atoms with Gasteiger partial charge in [-0.1, -0.05) is 0 Å². The summed E-state index contributed by atoms with van der Waals surface area (Å²) >= 11 is 4.79. The summed E-state index contributed by atoms with van der Waals surface area (Å²) in [6.07, 6.45) is 3.75. The van der Waals surface area contributed by atoms with E-state index >= 15 is 0 Å². The summed E-state index contributed by atoms with van der Waals surface area (Å²) in [5.74, 6) is 0.707. The normalized spacial score (nSPS) is 10.0. The smallest absolute Gasteiger partial charge is 0.265 e. The van der Waals surface area contributed by atoms with Crippen molar-refractivity contribution in [3.63, 3.8) is 0 Å². The van der Waals surface area contributed by atoms with Crippen LogP contribution in [0.3, 0.4) is 0 Å².